The van der Waals surface area contributed by atoms with Gasteiger partial charge in [-0.15, -0.1) is 0 Å². The molecule has 1 fully saturated rings. The highest BCUT2D eigenvalue weighted by atomic mass is 32.2. The zero-order valence-electron chi connectivity index (χ0n) is 13.5. The second-order valence-corrected chi connectivity index (χ2v) is 6.58. The van der Waals surface area contributed by atoms with Crippen molar-refractivity contribution in [3.05, 3.63) is 6.07 Å². The van der Waals surface area contributed by atoms with Gasteiger partial charge >= 0.3 is 0 Å². The molecule has 2 rings (SSSR count). The van der Waals surface area contributed by atoms with Crippen LogP contribution in [0.3, 0.4) is 0 Å². The maximum atomic E-state index is 4.58. The molecule has 0 aromatic carbocycles. The predicted molar refractivity (Wildman–Crippen MR) is 92.3 cm³/mol. The monoisotopic (exact) mass is 308 g/mol. The van der Waals surface area contributed by atoms with Gasteiger partial charge in [0.25, 0.3) is 0 Å². The molecule has 0 radical (unpaired) electrons. The molecule has 1 heterocycles. The number of aromatic nitrogens is 2. The number of thioether (sulfide) groups is 1. The van der Waals surface area contributed by atoms with Gasteiger partial charge in [0.05, 0.1) is 0 Å². The summed E-state index contributed by atoms with van der Waals surface area (Å²) in [6.07, 6.45) is 9.96. The van der Waals surface area contributed by atoms with Gasteiger partial charge in [0, 0.05) is 18.7 Å². The molecule has 0 saturated heterocycles. The molecule has 1 aromatic rings. The van der Waals surface area contributed by atoms with Crippen molar-refractivity contribution in [1.29, 1.82) is 0 Å². The minimum Gasteiger partial charge on any atom is -0.370 e. The summed E-state index contributed by atoms with van der Waals surface area (Å²) >= 11 is 1.59. The van der Waals surface area contributed by atoms with Gasteiger partial charge in [-0.05, 0) is 44.8 Å². The summed E-state index contributed by atoms with van der Waals surface area (Å²) in [6.45, 7) is 5.26. The van der Waals surface area contributed by atoms with Crippen molar-refractivity contribution in [2.45, 2.75) is 63.6 Å². The van der Waals surface area contributed by atoms with Crippen molar-refractivity contribution in [2.75, 3.05) is 23.4 Å². The number of nitrogens with one attached hydrogen (secondary N) is 2. The molecular weight excluding hydrogens is 280 g/mol. The van der Waals surface area contributed by atoms with Crippen LogP contribution in [0.5, 0.6) is 0 Å². The number of rotatable bonds is 7. The molecule has 118 valence electrons. The Morgan fingerprint density at radius 3 is 2.48 bits per heavy atom. The average molecular weight is 308 g/mol. The second kappa shape index (κ2) is 8.47. The summed E-state index contributed by atoms with van der Waals surface area (Å²) in [4.78, 5) is 9.06. The van der Waals surface area contributed by atoms with E-state index in [2.05, 4.69) is 34.4 Å². The molecule has 1 aromatic heterocycles. The Balaban J connectivity index is 1.94. The van der Waals surface area contributed by atoms with Gasteiger partial charge in [-0.2, -0.15) is 0 Å². The second-order valence-electron chi connectivity index (χ2n) is 5.81. The van der Waals surface area contributed by atoms with Crippen molar-refractivity contribution in [2.24, 2.45) is 5.92 Å². The first-order valence-corrected chi connectivity index (χ1v) is 9.41. The zero-order valence-corrected chi connectivity index (χ0v) is 14.3. The third kappa shape index (κ3) is 5.06. The Labute approximate surface area is 132 Å². The Bertz CT molecular complexity index is 430. The summed E-state index contributed by atoms with van der Waals surface area (Å²) in [6, 6.07) is 2.60. The van der Waals surface area contributed by atoms with Crippen LogP contribution in [-0.2, 0) is 0 Å². The van der Waals surface area contributed by atoms with Gasteiger partial charge in [0.1, 0.15) is 11.6 Å². The van der Waals surface area contributed by atoms with Crippen LogP contribution >= 0.6 is 11.8 Å². The van der Waals surface area contributed by atoms with Gasteiger partial charge in [-0.1, -0.05) is 31.5 Å². The lowest BCUT2D eigenvalue weighted by atomic mass is 9.83. The van der Waals surface area contributed by atoms with Crippen molar-refractivity contribution in [1.82, 2.24) is 9.97 Å². The molecule has 0 amide bonds. The average Bonchev–Trinajstić information content (AvgIpc) is 2.49. The third-order valence-electron chi connectivity index (χ3n) is 4.14. The van der Waals surface area contributed by atoms with E-state index >= 15 is 0 Å². The normalized spacial score (nSPS) is 22.0. The minimum absolute atomic E-state index is 0.567. The number of anilines is 2. The fourth-order valence-electron chi connectivity index (χ4n) is 3.07. The summed E-state index contributed by atoms with van der Waals surface area (Å²) in [5.41, 5.74) is 0. The Morgan fingerprint density at radius 1 is 1.14 bits per heavy atom. The van der Waals surface area contributed by atoms with Crippen LogP contribution in [0.2, 0.25) is 0 Å². The van der Waals surface area contributed by atoms with E-state index in [-0.39, 0.29) is 0 Å². The maximum absolute atomic E-state index is 4.58. The van der Waals surface area contributed by atoms with Crippen molar-refractivity contribution >= 4 is 23.4 Å². The number of hydrogen-bond acceptors (Lipinski definition) is 5. The van der Waals surface area contributed by atoms with Crippen LogP contribution in [0.4, 0.5) is 11.6 Å². The summed E-state index contributed by atoms with van der Waals surface area (Å²) in [5.74, 6) is 2.82. The molecular formula is C16H28N4S. The van der Waals surface area contributed by atoms with Gasteiger partial charge in [-0.25, -0.2) is 9.97 Å². The quantitative estimate of drug-likeness (QED) is 0.577. The van der Waals surface area contributed by atoms with E-state index in [9.17, 15) is 0 Å². The summed E-state index contributed by atoms with van der Waals surface area (Å²) < 4.78 is 0. The van der Waals surface area contributed by atoms with E-state index in [0.717, 1.165) is 29.3 Å². The van der Waals surface area contributed by atoms with Crippen LogP contribution in [0.15, 0.2) is 11.2 Å². The van der Waals surface area contributed by atoms with Crippen molar-refractivity contribution in [3.8, 4) is 0 Å². The Kier molecular flexibility index (Phi) is 6.61. The number of nitrogens with zero attached hydrogens (tertiary/aromatic N) is 2. The van der Waals surface area contributed by atoms with Crippen molar-refractivity contribution < 1.29 is 0 Å². The molecule has 0 bridgehead atoms. The molecule has 0 unspecified atom stereocenters. The SMILES string of the molecule is CCCC1CCC(Nc2cc(NCC)nc(SC)n2)CC1. The first-order valence-electron chi connectivity index (χ1n) is 8.18. The predicted octanol–water partition coefficient (Wildman–Crippen LogP) is 4.40. The Morgan fingerprint density at radius 2 is 1.86 bits per heavy atom. The van der Waals surface area contributed by atoms with E-state index in [0.29, 0.717) is 6.04 Å². The molecule has 0 atom stereocenters. The van der Waals surface area contributed by atoms with Gasteiger partial charge in [0.2, 0.25) is 0 Å². The van der Waals surface area contributed by atoms with Crippen LogP contribution in [-0.4, -0.2) is 28.8 Å². The third-order valence-corrected chi connectivity index (χ3v) is 4.69. The van der Waals surface area contributed by atoms with Crippen LogP contribution in [0.25, 0.3) is 0 Å². The van der Waals surface area contributed by atoms with E-state index in [4.69, 9.17) is 0 Å². The standard InChI is InChI=1S/C16H28N4S/c1-4-6-12-7-9-13(10-8-12)18-15-11-14(17-5-2)19-16(20-15)21-3/h11-13H,4-10H2,1-3H3,(H2,17,18,19,20). The van der Waals surface area contributed by atoms with E-state index < -0.39 is 0 Å². The maximum Gasteiger partial charge on any atom is 0.191 e. The minimum atomic E-state index is 0.567. The fraction of sp³-hybridized carbons (Fsp3) is 0.750. The summed E-state index contributed by atoms with van der Waals surface area (Å²) in [5, 5.41) is 7.72. The highest BCUT2D eigenvalue weighted by Crippen LogP contribution is 2.29. The lowest BCUT2D eigenvalue weighted by Gasteiger charge is -2.29. The highest BCUT2D eigenvalue weighted by Gasteiger charge is 2.21. The summed E-state index contributed by atoms with van der Waals surface area (Å²) in [7, 11) is 0. The van der Waals surface area contributed by atoms with Crippen molar-refractivity contribution in [3.63, 3.8) is 0 Å². The van der Waals surface area contributed by atoms with Gasteiger partial charge in [-0.3, -0.25) is 0 Å². The molecule has 1 aliphatic rings. The van der Waals surface area contributed by atoms with Gasteiger partial charge in [0.15, 0.2) is 5.16 Å². The fourth-order valence-corrected chi connectivity index (χ4v) is 3.45. The van der Waals surface area contributed by atoms with Crippen LogP contribution in [0, 0.1) is 5.92 Å². The Hall–Kier alpha value is -0.970. The largest absolute Gasteiger partial charge is 0.370 e. The molecule has 5 heteroatoms. The molecule has 0 aliphatic heterocycles. The van der Waals surface area contributed by atoms with Gasteiger partial charge < -0.3 is 10.6 Å². The molecule has 2 N–H and O–H groups in total. The number of hydrogen-bond donors (Lipinski definition) is 2. The van der Waals surface area contributed by atoms with E-state index in [1.165, 1.54) is 38.5 Å². The topological polar surface area (TPSA) is 49.8 Å². The first-order chi connectivity index (χ1) is 10.2. The van der Waals surface area contributed by atoms with E-state index in [1.54, 1.807) is 11.8 Å². The smallest absolute Gasteiger partial charge is 0.191 e. The molecule has 1 aliphatic carbocycles. The first kappa shape index (κ1) is 16.4. The lowest BCUT2D eigenvalue weighted by Crippen LogP contribution is -2.26. The molecule has 1 saturated carbocycles. The molecule has 21 heavy (non-hydrogen) atoms. The zero-order chi connectivity index (χ0) is 15.1. The molecule has 0 spiro atoms. The highest BCUT2D eigenvalue weighted by molar-refractivity contribution is 7.98. The van der Waals surface area contributed by atoms with Crippen LogP contribution in [0.1, 0.15) is 52.4 Å². The molecule has 4 nitrogen and oxygen atoms in total. The van der Waals surface area contributed by atoms with E-state index in [1.807, 2.05) is 12.3 Å². The lowest BCUT2D eigenvalue weighted by molar-refractivity contribution is 0.318. The van der Waals surface area contributed by atoms with Crippen LogP contribution < -0.4 is 10.6 Å².